The highest BCUT2D eigenvalue weighted by Gasteiger charge is 2.31. The van der Waals surface area contributed by atoms with E-state index in [2.05, 4.69) is 9.97 Å². The third-order valence-corrected chi connectivity index (χ3v) is 5.33. The maximum Gasteiger partial charge on any atom is 0.317 e. The van der Waals surface area contributed by atoms with Crippen molar-refractivity contribution in [2.45, 2.75) is 13.0 Å². The van der Waals surface area contributed by atoms with Crippen molar-refractivity contribution in [3.8, 4) is 23.0 Å². The van der Waals surface area contributed by atoms with E-state index in [1.165, 1.54) is 19.6 Å². The standard InChI is InChI=1S/C27H24N2O6/c1-32-23-12-11-19(14-24(23)34-16-18-8-4-3-5-9-18)26-29-20(17-35-26)15-21(27(31)33-2)25(30)22-10-6-7-13-28-22/h3-14,17,21H,15-16H2,1-2H3. The molecule has 2 aromatic carbocycles. The Hall–Kier alpha value is -4.46. The van der Waals surface area contributed by atoms with Crippen LogP contribution in [0.5, 0.6) is 11.5 Å². The molecule has 0 saturated heterocycles. The fraction of sp³-hybridized carbons (Fsp3) is 0.185. The van der Waals surface area contributed by atoms with Gasteiger partial charge in [0.05, 0.1) is 19.9 Å². The normalized spacial score (nSPS) is 11.5. The Kier molecular flexibility index (Phi) is 7.52. The highest BCUT2D eigenvalue weighted by Crippen LogP contribution is 2.33. The first kappa shape index (κ1) is 23.7. The molecule has 8 nitrogen and oxygen atoms in total. The molecular weight excluding hydrogens is 448 g/mol. The second-order valence-corrected chi connectivity index (χ2v) is 7.64. The number of Topliss-reactive ketones (excluding diaryl/α,β-unsaturated/α-hetero) is 1. The molecular formula is C27H24N2O6. The Balaban J connectivity index is 1.54. The molecule has 0 bridgehead atoms. The first-order valence-corrected chi connectivity index (χ1v) is 10.9. The van der Waals surface area contributed by atoms with Gasteiger partial charge in [0.2, 0.25) is 5.89 Å². The first-order chi connectivity index (χ1) is 17.1. The van der Waals surface area contributed by atoms with Gasteiger partial charge in [-0.2, -0.15) is 0 Å². The summed E-state index contributed by atoms with van der Waals surface area (Å²) in [6, 6.07) is 20.0. The first-order valence-electron chi connectivity index (χ1n) is 10.9. The molecule has 0 fully saturated rings. The zero-order valence-corrected chi connectivity index (χ0v) is 19.3. The zero-order chi connectivity index (χ0) is 24.6. The Morgan fingerprint density at radius 2 is 1.77 bits per heavy atom. The van der Waals surface area contributed by atoms with Gasteiger partial charge in [0, 0.05) is 18.2 Å². The van der Waals surface area contributed by atoms with Crippen LogP contribution in [0.4, 0.5) is 0 Å². The number of esters is 1. The van der Waals surface area contributed by atoms with Crippen molar-refractivity contribution < 1.29 is 28.2 Å². The topological polar surface area (TPSA) is 101 Å². The van der Waals surface area contributed by atoms with E-state index in [0.29, 0.717) is 35.3 Å². The summed E-state index contributed by atoms with van der Waals surface area (Å²) >= 11 is 0. The number of oxazole rings is 1. The zero-order valence-electron chi connectivity index (χ0n) is 19.3. The Labute approximate surface area is 202 Å². The second-order valence-electron chi connectivity index (χ2n) is 7.64. The molecule has 4 rings (SSSR count). The van der Waals surface area contributed by atoms with Crippen LogP contribution in [-0.2, 0) is 22.6 Å². The van der Waals surface area contributed by atoms with Gasteiger partial charge in [-0.3, -0.25) is 14.6 Å². The van der Waals surface area contributed by atoms with Gasteiger partial charge in [-0.05, 0) is 35.9 Å². The van der Waals surface area contributed by atoms with Gasteiger partial charge in [0.25, 0.3) is 0 Å². The van der Waals surface area contributed by atoms with Crippen molar-refractivity contribution in [2.75, 3.05) is 14.2 Å². The van der Waals surface area contributed by atoms with Crippen molar-refractivity contribution in [3.63, 3.8) is 0 Å². The number of rotatable bonds is 10. The van der Waals surface area contributed by atoms with Crippen LogP contribution in [0.15, 0.2) is 83.6 Å². The smallest absolute Gasteiger partial charge is 0.317 e. The number of ketones is 1. The lowest BCUT2D eigenvalue weighted by Crippen LogP contribution is -2.28. The largest absolute Gasteiger partial charge is 0.493 e. The molecule has 0 spiro atoms. The quantitative estimate of drug-likeness (QED) is 0.188. The van der Waals surface area contributed by atoms with Gasteiger partial charge < -0.3 is 18.6 Å². The average molecular weight is 472 g/mol. The summed E-state index contributed by atoms with van der Waals surface area (Å²) in [7, 11) is 2.81. The fourth-order valence-corrected chi connectivity index (χ4v) is 3.51. The fourth-order valence-electron chi connectivity index (χ4n) is 3.51. The third-order valence-electron chi connectivity index (χ3n) is 5.33. The van der Waals surface area contributed by atoms with E-state index in [4.69, 9.17) is 18.6 Å². The van der Waals surface area contributed by atoms with E-state index in [0.717, 1.165) is 5.56 Å². The van der Waals surface area contributed by atoms with Crippen LogP contribution in [0.25, 0.3) is 11.5 Å². The predicted molar refractivity (Wildman–Crippen MR) is 127 cm³/mol. The number of nitrogens with zero attached hydrogens (tertiary/aromatic N) is 2. The molecule has 8 heteroatoms. The predicted octanol–water partition coefficient (Wildman–Crippen LogP) is 4.54. The summed E-state index contributed by atoms with van der Waals surface area (Å²) in [5, 5.41) is 0. The molecule has 1 atom stereocenters. The molecule has 0 amide bonds. The summed E-state index contributed by atoms with van der Waals surface area (Å²) in [5.74, 6) is -0.765. The molecule has 0 saturated carbocycles. The maximum atomic E-state index is 12.9. The minimum atomic E-state index is -1.09. The average Bonchev–Trinajstić information content (AvgIpc) is 3.39. The number of ether oxygens (including phenoxy) is 3. The molecule has 0 aliphatic heterocycles. The molecule has 0 aliphatic rings. The van der Waals surface area contributed by atoms with Crippen LogP contribution in [0, 0.1) is 5.92 Å². The monoisotopic (exact) mass is 472 g/mol. The van der Waals surface area contributed by atoms with Gasteiger partial charge >= 0.3 is 5.97 Å². The van der Waals surface area contributed by atoms with Crippen molar-refractivity contribution in [1.82, 2.24) is 9.97 Å². The van der Waals surface area contributed by atoms with E-state index >= 15 is 0 Å². The van der Waals surface area contributed by atoms with Crippen LogP contribution in [0.1, 0.15) is 21.7 Å². The van der Waals surface area contributed by atoms with Gasteiger partial charge in [-0.15, -0.1) is 0 Å². The minimum absolute atomic E-state index is 0.0130. The number of carbonyl (C=O) groups excluding carboxylic acids is 2. The van der Waals surface area contributed by atoms with Gasteiger partial charge in [0.15, 0.2) is 17.3 Å². The molecule has 2 heterocycles. The van der Waals surface area contributed by atoms with Gasteiger partial charge in [0.1, 0.15) is 24.5 Å². The highest BCUT2D eigenvalue weighted by atomic mass is 16.5. The van der Waals surface area contributed by atoms with Crippen molar-refractivity contribution in [3.05, 3.63) is 96.1 Å². The summed E-state index contributed by atoms with van der Waals surface area (Å²) in [4.78, 5) is 33.8. The number of methoxy groups -OCH3 is 2. The lowest BCUT2D eigenvalue weighted by Gasteiger charge is -2.12. The summed E-state index contributed by atoms with van der Waals surface area (Å²) < 4.78 is 21.9. The number of aromatic nitrogens is 2. The van der Waals surface area contributed by atoms with Crippen molar-refractivity contribution in [2.24, 2.45) is 5.92 Å². The molecule has 35 heavy (non-hydrogen) atoms. The van der Waals surface area contributed by atoms with E-state index in [9.17, 15) is 9.59 Å². The summed E-state index contributed by atoms with van der Waals surface area (Å²) in [5.41, 5.74) is 2.29. The van der Waals surface area contributed by atoms with Gasteiger partial charge in [-0.1, -0.05) is 36.4 Å². The number of hydrogen-bond acceptors (Lipinski definition) is 8. The van der Waals surface area contributed by atoms with Crippen molar-refractivity contribution >= 4 is 11.8 Å². The highest BCUT2D eigenvalue weighted by molar-refractivity contribution is 6.07. The third kappa shape index (κ3) is 5.73. The Morgan fingerprint density at radius 1 is 0.971 bits per heavy atom. The summed E-state index contributed by atoms with van der Waals surface area (Å²) in [6.07, 6.45) is 2.93. The molecule has 178 valence electrons. The van der Waals surface area contributed by atoms with E-state index in [1.807, 2.05) is 30.3 Å². The maximum absolute atomic E-state index is 12.9. The second kappa shape index (κ2) is 11.1. The lowest BCUT2D eigenvalue weighted by molar-refractivity contribution is -0.143. The van der Waals surface area contributed by atoms with Crippen molar-refractivity contribution in [1.29, 1.82) is 0 Å². The van der Waals surface area contributed by atoms with Crippen LogP contribution in [0.2, 0.25) is 0 Å². The SMILES string of the molecule is COC(=O)C(Cc1coc(-c2ccc(OC)c(OCc3ccccc3)c2)n1)C(=O)c1ccccn1. The van der Waals surface area contributed by atoms with E-state index in [1.54, 1.807) is 43.5 Å². The number of benzene rings is 2. The summed E-state index contributed by atoms with van der Waals surface area (Å²) in [6.45, 7) is 0.369. The number of hydrogen-bond donors (Lipinski definition) is 0. The van der Waals surface area contributed by atoms with Crippen LogP contribution < -0.4 is 9.47 Å². The van der Waals surface area contributed by atoms with E-state index < -0.39 is 17.7 Å². The van der Waals surface area contributed by atoms with Crippen LogP contribution in [-0.4, -0.2) is 35.9 Å². The Bertz CT molecular complexity index is 1290. The molecule has 2 aromatic heterocycles. The molecule has 0 radical (unpaired) electrons. The van der Waals surface area contributed by atoms with Crippen LogP contribution >= 0.6 is 0 Å². The van der Waals surface area contributed by atoms with E-state index in [-0.39, 0.29) is 12.1 Å². The number of pyridine rings is 1. The lowest BCUT2D eigenvalue weighted by atomic mass is 9.96. The Morgan fingerprint density at radius 3 is 2.49 bits per heavy atom. The van der Waals surface area contributed by atoms with Crippen LogP contribution in [0.3, 0.4) is 0 Å². The molecule has 4 aromatic rings. The molecule has 0 aliphatic carbocycles. The minimum Gasteiger partial charge on any atom is -0.493 e. The number of carbonyl (C=O) groups is 2. The molecule has 0 N–H and O–H groups in total. The van der Waals surface area contributed by atoms with Gasteiger partial charge in [-0.25, -0.2) is 4.98 Å². The molecule has 1 unspecified atom stereocenters.